The largest absolute Gasteiger partial charge is 0.573 e. The molecule has 0 amide bonds. The van der Waals surface area contributed by atoms with Gasteiger partial charge in [-0.1, -0.05) is 18.6 Å². The summed E-state index contributed by atoms with van der Waals surface area (Å²) in [5.41, 5.74) is 0.534. The Bertz CT molecular complexity index is 427. The molecular weight excluding hydrogens is 309 g/mol. The van der Waals surface area contributed by atoms with Gasteiger partial charge in [-0.05, 0) is 37.5 Å². The van der Waals surface area contributed by atoms with E-state index in [0.717, 1.165) is 18.6 Å². The summed E-state index contributed by atoms with van der Waals surface area (Å²) in [5, 5.41) is 19.6. The quantitative estimate of drug-likeness (QED) is 0.455. The van der Waals surface area contributed by atoms with Crippen molar-refractivity contribution in [2.75, 3.05) is 5.88 Å². The Morgan fingerprint density at radius 1 is 1.14 bits per heavy atom. The number of hydrogen-bond acceptors (Lipinski definition) is 3. The average molecular weight is 327 g/mol. The molecule has 0 bridgehead atoms. The summed E-state index contributed by atoms with van der Waals surface area (Å²) >= 11 is 5.58. The number of halogens is 4. The molecule has 0 aliphatic carbocycles. The molecule has 120 valence electrons. The van der Waals surface area contributed by atoms with E-state index in [0.29, 0.717) is 24.3 Å². The first kappa shape index (κ1) is 18.1. The van der Waals surface area contributed by atoms with Crippen LogP contribution in [0.3, 0.4) is 0 Å². The second kappa shape index (κ2) is 7.33. The van der Waals surface area contributed by atoms with Gasteiger partial charge in [0.15, 0.2) is 5.79 Å². The third kappa shape index (κ3) is 6.54. The summed E-state index contributed by atoms with van der Waals surface area (Å²) in [6.45, 7) is 1.25. The summed E-state index contributed by atoms with van der Waals surface area (Å²) in [7, 11) is 0. The number of benzene rings is 1. The van der Waals surface area contributed by atoms with E-state index in [1.54, 1.807) is 0 Å². The summed E-state index contributed by atoms with van der Waals surface area (Å²) in [4.78, 5) is 0. The summed E-state index contributed by atoms with van der Waals surface area (Å²) in [6, 6.07) is 5.11. The van der Waals surface area contributed by atoms with Crippen LogP contribution in [0.1, 0.15) is 37.7 Å². The van der Waals surface area contributed by atoms with E-state index in [4.69, 9.17) is 11.6 Å². The van der Waals surface area contributed by atoms with Crippen LogP contribution in [0.5, 0.6) is 5.75 Å². The molecule has 1 unspecified atom stereocenters. The van der Waals surface area contributed by atoms with Crippen molar-refractivity contribution in [2.45, 2.75) is 44.3 Å². The van der Waals surface area contributed by atoms with Crippen molar-refractivity contribution in [3.05, 3.63) is 29.8 Å². The second-order valence-electron chi connectivity index (χ2n) is 4.95. The first-order chi connectivity index (χ1) is 9.63. The molecule has 0 saturated carbocycles. The molecule has 0 heterocycles. The molecule has 2 N–H and O–H groups in total. The molecule has 0 aliphatic heterocycles. The molecule has 0 spiro atoms. The highest BCUT2D eigenvalue weighted by Gasteiger charge is 2.32. The fourth-order valence-corrected chi connectivity index (χ4v) is 2.29. The number of hydrogen-bond donors (Lipinski definition) is 2. The van der Waals surface area contributed by atoms with Gasteiger partial charge in [-0.3, -0.25) is 0 Å². The summed E-state index contributed by atoms with van der Waals surface area (Å²) in [6.07, 6.45) is -2.87. The van der Waals surface area contributed by atoms with Gasteiger partial charge in [0.1, 0.15) is 5.75 Å². The van der Waals surface area contributed by atoms with Crippen LogP contribution < -0.4 is 4.74 Å². The van der Waals surface area contributed by atoms with Gasteiger partial charge in [-0.2, -0.15) is 0 Å². The standard InChI is InChI=1S/C14H18ClF3O3/c1-13(19,20)12(4-2-3-9-15)10-5-7-11(8-6-10)21-14(16,17)18/h5-8,12,19-20H,2-4,9H2,1H3. The highest BCUT2D eigenvalue weighted by Crippen LogP contribution is 2.33. The van der Waals surface area contributed by atoms with Crippen molar-refractivity contribution >= 4 is 11.6 Å². The van der Waals surface area contributed by atoms with E-state index >= 15 is 0 Å². The zero-order valence-corrected chi connectivity index (χ0v) is 12.3. The van der Waals surface area contributed by atoms with Gasteiger partial charge in [0, 0.05) is 11.8 Å². The lowest BCUT2D eigenvalue weighted by Gasteiger charge is -2.28. The van der Waals surface area contributed by atoms with E-state index in [1.165, 1.54) is 19.1 Å². The molecular formula is C14H18ClF3O3. The van der Waals surface area contributed by atoms with Crippen molar-refractivity contribution in [3.63, 3.8) is 0 Å². The first-order valence-corrected chi connectivity index (χ1v) is 7.03. The molecule has 0 fully saturated rings. The molecule has 1 aromatic rings. The van der Waals surface area contributed by atoms with E-state index in [2.05, 4.69) is 4.74 Å². The monoisotopic (exact) mass is 326 g/mol. The topological polar surface area (TPSA) is 49.7 Å². The van der Waals surface area contributed by atoms with E-state index in [1.807, 2.05) is 0 Å². The van der Waals surface area contributed by atoms with Crippen LogP contribution in [0, 0.1) is 0 Å². The van der Waals surface area contributed by atoms with Gasteiger partial charge in [0.25, 0.3) is 0 Å². The van der Waals surface area contributed by atoms with E-state index < -0.39 is 18.1 Å². The van der Waals surface area contributed by atoms with Gasteiger partial charge in [0.05, 0.1) is 0 Å². The number of rotatable bonds is 7. The highest BCUT2D eigenvalue weighted by atomic mass is 35.5. The molecule has 7 heteroatoms. The maximum absolute atomic E-state index is 12.1. The molecule has 1 aromatic carbocycles. The fraction of sp³-hybridized carbons (Fsp3) is 0.571. The Hall–Kier alpha value is -0.980. The number of alkyl halides is 4. The number of ether oxygens (including phenoxy) is 1. The molecule has 21 heavy (non-hydrogen) atoms. The van der Waals surface area contributed by atoms with Gasteiger partial charge in [-0.25, -0.2) is 0 Å². The van der Waals surface area contributed by atoms with Crippen LogP contribution in [-0.4, -0.2) is 28.2 Å². The Morgan fingerprint density at radius 2 is 1.71 bits per heavy atom. The van der Waals surface area contributed by atoms with Gasteiger partial charge < -0.3 is 14.9 Å². The van der Waals surface area contributed by atoms with Crippen LogP contribution in [0.4, 0.5) is 13.2 Å². The Morgan fingerprint density at radius 3 is 2.14 bits per heavy atom. The molecule has 1 rings (SSSR count). The lowest BCUT2D eigenvalue weighted by Crippen LogP contribution is -2.32. The predicted molar refractivity (Wildman–Crippen MR) is 73.3 cm³/mol. The normalized spacial score (nSPS) is 14.0. The van der Waals surface area contributed by atoms with Crippen molar-refractivity contribution < 1.29 is 28.1 Å². The minimum Gasteiger partial charge on any atom is -0.406 e. The van der Waals surface area contributed by atoms with Crippen LogP contribution in [0.25, 0.3) is 0 Å². The first-order valence-electron chi connectivity index (χ1n) is 6.50. The molecule has 0 saturated heterocycles. The highest BCUT2D eigenvalue weighted by molar-refractivity contribution is 6.17. The fourth-order valence-electron chi connectivity index (χ4n) is 2.10. The smallest absolute Gasteiger partial charge is 0.406 e. The number of unbranched alkanes of at least 4 members (excludes halogenated alkanes) is 1. The van der Waals surface area contributed by atoms with Gasteiger partial charge >= 0.3 is 6.36 Å². The zero-order valence-electron chi connectivity index (χ0n) is 11.5. The third-order valence-electron chi connectivity index (χ3n) is 3.05. The Kier molecular flexibility index (Phi) is 6.31. The summed E-state index contributed by atoms with van der Waals surface area (Å²) < 4.78 is 40.0. The van der Waals surface area contributed by atoms with Crippen LogP contribution in [0.15, 0.2) is 24.3 Å². The molecule has 0 aromatic heterocycles. The lowest BCUT2D eigenvalue weighted by molar-refractivity contribution is -0.274. The predicted octanol–water partition coefficient (Wildman–Crippen LogP) is 3.78. The van der Waals surface area contributed by atoms with Crippen molar-refractivity contribution in [2.24, 2.45) is 0 Å². The van der Waals surface area contributed by atoms with Crippen molar-refractivity contribution in [1.82, 2.24) is 0 Å². The molecule has 0 radical (unpaired) electrons. The Balaban J connectivity index is 2.83. The second-order valence-corrected chi connectivity index (χ2v) is 5.33. The van der Waals surface area contributed by atoms with Gasteiger partial charge in [0.2, 0.25) is 0 Å². The third-order valence-corrected chi connectivity index (χ3v) is 3.32. The molecule has 1 atom stereocenters. The zero-order chi connectivity index (χ0) is 16.1. The van der Waals surface area contributed by atoms with Crippen LogP contribution in [0.2, 0.25) is 0 Å². The van der Waals surface area contributed by atoms with Gasteiger partial charge in [-0.15, -0.1) is 24.8 Å². The Labute approximate surface area is 126 Å². The van der Waals surface area contributed by atoms with Crippen LogP contribution in [-0.2, 0) is 0 Å². The summed E-state index contributed by atoms with van der Waals surface area (Å²) in [5.74, 6) is -2.44. The average Bonchev–Trinajstić information content (AvgIpc) is 2.33. The van der Waals surface area contributed by atoms with Crippen LogP contribution >= 0.6 is 11.6 Å². The van der Waals surface area contributed by atoms with Crippen molar-refractivity contribution in [1.29, 1.82) is 0 Å². The van der Waals surface area contributed by atoms with E-state index in [9.17, 15) is 23.4 Å². The minimum absolute atomic E-state index is 0.344. The number of aliphatic hydroxyl groups is 2. The van der Waals surface area contributed by atoms with Crippen molar-refractivity contribution in [3.8, 4) is 5.75 Å². The SMILES string of the molecule is CC(O)(O)C(CCCCCl)c1ccc(OC(F)(F)F)cc1. The molecule has 0 aliphatic rings. The maximum atomic E-state index is 12.1. The van der Waals surface area contributed by atoms with E-state index in [-0.39, 0.29) is 5.75 Å². The molecule has 3 nitrogen and oxygen atoms in total. The maximum Gasteiger partial charge on any atom is 0.573 e. The minimum atomic E-state index is -4.75. The lowest BCUT2D eigenvalue weighted by atomic mass is 9.87.